The van der Waals surface area contributed by atoms with E-state index in [4.69, 9.17) is 9.47 Å². The van der Waals surface area contributed by atoms with E-state index in [9.17, 15) is 14.7 Å². The number of hydrogen-bond donors (Lipinski definition) is 1. The standard InChI is InChI=1S/C55H106O5/c1-3-5-7-9-11-13-15-17-19-21-23-24-25-26-27-28-29-30-31-32-34-35-37-39-41-43-45-47-49-54(57)59-52-53(51-56)60-55(58)50-48-46-44-42-40-38-36-33-22-20-18-16-14-12-10-8-6-4-2/h20,22,53,56H,3-19,21,23-52H2,1-2H3/b22-20-. The second kappa shape index (κ2) is 52.0. The van der Waals surface area contributed by atoms with Crippen molar-refractivity contribution in [3.8, 4) is 0 Å². The molecular formula is C55H106O5. The third kappa shape index (κ3) is 49.3. The zero-order chi connectivity index (χ0) is 43.5. The molecule has 1 unspecified atom stereocenters. The fourth-order valence-electron chi connectivity index (χ4n) is 8.44. The number of carbonyl (C=O) groups is 2. The first-order chi connectivity index (χ1) is 29.6. The Morgan fingerprint density at radius 2 is 0.617 bits per heavy atom. The van der Waals surface area contributed by atoms with Crippen LogP contribution in [-0.4, -0.2) is 36.4 Å². The Hall–Kier alpha value is -1.36. The molecule has 0 bridgehead atoms. The molecule has 5 heteroatoms. The molecule has 0 aliphatic carbocycles. The quantitative estimate of drug-likeness (QED) is 0.0375. The average molecular weight is 847 g/mol. The number of rotatable bonds is 51. The Morgan fingerprint density at radius 3 is 0.900 bits per heavy atom. The first-order valence-corrected chi connectivity index (χ1v) is 27.2. The summed E-state index contributed by atoms with van der Waals surface area (Å²) in [5, 5.41) is 9.63. The van der Waals surface area contributed by atoms with Gasteiger partial charge in [-0.2, -0.15) is 0 Å². The molecule has 60 heavy (non-hydrogen) atoms. The lowest BCUT2D eigenvalue weighted by Gasteiger charge is -2.15. The van der Waals surface area contributed by atoms with Gasteiger partial charge >= 0.3 is 11.9 Å². The fraction of sp³-hybridized carbons (Fsp3) is 0.927. The molecule has 356 valence electrons. The molecule has 5 nitrogen and oxygen atoms in total. The van der Waals surface area contributed by atoms with Crippen molar-refractivity contribution in [2.75, 3.05) is 13.2 Å². The van der Waals surface area contributed by atoms with E-state index in [2.05, 4.69) is 26.0 Å². The zero-order valence-corrected chi connectivity index (χ0v) is 40.8. The molecule has 0 saturated carbocycles. The minimum Gasteiger partial charge on any atom is -0.462 e. The van der Waals surface area contributed by atoms with Gasteiger partial charge < -0.3 is 14.6 Å². The second-order valence-electron chi connectivity index (χ2n) is 18.7. The first-order valence-electron chi connectivity index (χ1n) is 27.2. The Balaban J connectivity index is 3.41. The van der Waals surface area contributed by atoms with E-state index in [1.165, 1.54) is 250 Å². The summed E-state index contributed by atoms with van der Waals surface area (Å²) in [4.78, 5) is 24.5. The molecule has 1 atom stereocenters. The normalized spacial score (nSPS) is 12.1. The molecule has 0 aliphatic rings. The number of aliphatic hydroxyl groups is 1. The van der Waals surface area contributed by atoms with Crippen molar-refractivity contribution in [1.29, 1.82) is 0 Å². The summed E-state index contributed by atoms with van der Waals surface area (Å²) in [6.45, 7) is 4.18. The molecule has 0 aromatic carbocycles. The fourth-order valence-corrected chi connectivity index (χ4v) is 8.44. The Kier molecular flexibility index (Phi) is 50.8. The summed E-state index contributed by atoms with van der Waals surface area (Å²) in [5.41, 5.74) is 0. The van der Waals surface area contributed by atoms with E-state index in [0.717, 1.165) is 32.1 Å². The van der Waals surface area contributed by atoms with Gasteiger partial charge in [-0.15, -0.1) is 0 Å². The van der Waals surface area contributed by atoms with E-state index in [1.54, 1.807) is 0 Å². The Morgan fingerprint density at radius 1 is 0.367 bits per heavy atom. The summed E-state index contributed by atoms with van der Waals surface area (Å²) >= 11 is 0. The highest BCUT2D eigenvalue weighted by molar-refractivity contribution is 5.70. The predicted molar refractivity (Wildman–Crippen MR) is 261 cm³/mol. The Labute approximate surface area is 375 Å². The number of aliphatic hydroxyl groups excluding tert-OH is 1. The number of allylic oxidation sites excluding steroid dienone is 2. The van der Waals surface area contributed by atoms with Crippen LogP contribution >= 0.6 is 0 Å². The van der Waals surface area contributed by atoms with Gasteiger partial charge in [-0.25, -0.2) is 0 Å². The van der Waals surface area contributed by atoms with Crippen LogP contribution in [0, 0.1) is 0 Å². The highest BCUT2D eigenvalue weighted by Gasteiger charge is 2.16. The van der Waals surface area contributed by atoms with Crippen molar-refractivity contribution in [1.82, 2.24) is 0 Å². The van der Waals surface area contributed by atoms with Crippen molar-refractivity contribution in [3.05, 3.63) is 12.2 Å². The molecule has 0 aromatic heterocycles. The van der Waals surface area contributed by atoms with Crippen LogP contribution in [0.4, 0.5) is 0 Å². The largest absolute Gasteiger partial charge is 0.462 e. The van der Waals surface area contributed by atoms with Crippen LogP contribution in [0.25, 0.3) is 0 Å². The van der Waals surface area contributed by atoms with Gasteiger partial charge in [0.2, 0.25) is 0 Å². The number of hydrogen-bond acceptors (Lipinski definition) is 5. The topological polar surface area (TPSA) is 72.8 Å². The lowest BCUT2D eigenvalue weighted by Crippen LogP contribution is -2.28. The van der Waals surface area contributed by atoms with Gasteiger partial charge in [0, 0.05) is 12.8 Å². The molecular weight excluding hydrogens is 741 g/mol. The smallest absolute Gasteiger partial charge is 0.306 e. The van der Waals surface area contributed by atoms with Crippen LogP contribution < -0.4 is 0 Å². The second-order valence-corrected chi connectivity index (χ2v) is 18.7. The van der Waals surface area contributed by atoms with Crippen molar-refractivity contribution in [2.24, 2.45) is 0 Å². The number of ether oxygens (including phenoxy) is 2. The minimum atomic E-state index is -0.769. The monoisotopic (exact) mass is 847 g/mol. The summed E-state index contributed by atoms with van der Waals surface area (Å²) < 4.78 is 10.7. The third-order valence-corrected chi connectivity index (χ3v) is 12.6. The van der Waals surface area contributed by atoms with Gasteiger partial charge in [0.1, 0.15) is 6.61 Å². The number of esters is 2. The molecule has 0 spiro atoms. The molecule has 0 rings (SSSR count). The number of unbranched alkanes of at least 4 members (excludes halogenated alkanes) is 41. The van der Waals surface area contributed by atoms with Gasteiger partial charge in [-0.3, -0.25) is 9.59 Å². The van der Waals surface area contributed by atoms with E-state index >= 15 is 0 Å². The van der Waals surface area contributed by atoms with E-state index in [0.29, 0.717) is 12.8 Å². The molecule has 0 heterocycles. The summed E-state index contributed by atoms with van der Waals surface area (Å²) in [6.07, 6.45) is 63.3. The summed E-state index contributed by atoms with van der Waals surface area (Å²) in [7, 11) is 0. The van der Waals surface area contributed by atoms with E-state index in [1.807, 2.05) is 0 Å². The third-order valence-electron chi connectivity index (χ3n) is 12.6. The van der Waals surface area contributed by atoms with Gasteiger partial charge in [0.25, 0.3) is 0 Å². The maximum Gasteiger partial charge on any atom is 0.306 e. The maximum atomic E-state index is 12.3. The van der Waals surface area contributed by atoms with Crippen LogP contribution in [0.15, 0.2) is 12.2 Å². The first kappa shape index (κ1) is 58.6. The minimum absolute atomic E-state index is 0.0606. The van der Waals surface area contributed by atoms with Gasteiger partial charge in [-0.05, 0) is 38.5 Å². The van der Waals surface area contributed by atoms with Crippen LogP contribution in [0.5, 0.6) is 0 Å². The SMILES string of the molecule is CCCCCCCCC/C=C\CCCCCCCCCC(=O)OC(CO)COC(=O)CCCCCCCCCCCCCCCCCCCCCCCCCCCCCC. The lowest BCUT2D eigenvalue weighted by molar-refractivity contribution is -0.161. The van der Waals surface area contributed by atoms with Gasteiger partial charge in [-0.1, -0.05) is 270 Å². The molecule has 0 fully saturated rings. The van der Waals surface area contributed by atoms with Crippen molar-refractivity contribution < 1.29 is 24.2 Å². The van der Waals surface area contributed by atoms with Crippen LogP contribution in [0.1, 0.15) is 309 Å². The average Bonchev–Trinajstić information content (AvgIpc) is 3.25. The summed E-state index contributed by atoms with van der Waals surface area (Å²) in [5.74, 6) is -0.576. The zero-order valence-electron chi connectivity index (χ0n) is 40.8. The molecule has 0 saturated heterocycles. The predicted octanol–water partition coefficient (Wildman–Crippen LogP) is 18.0. The van der Waals surface area contributed by atoms with Gasteiger partial charge in [0.05, 0.1) is 6.61 Å². The number of carbonyl (C=O) groups excluding carboxylic acids is 2. The molecule has 0 aliphatic heterocycles. The van der Waals surface area contributed by atoms with Crippen molar-refractivity contribution in [3.63, 3.8) is 0 Å². The highest BCUT2D eigenvalue weighted by atomic mass is 16.6. The lowest BCUT2D eigenvalue weighted by atomic mass is 10.0. The van der Waals surface area contributed by atoms with Crippen LogP contribution in [0.3, 0.4) is 0 Å². The molecule has 0 amide bonds. The summed E-state index contributed by atoms with van der Waals surface area (Å²) in [6, 6.07) is 0. The van der Waals surface area contributed by atoms with Gasteiger partial charge in [0.15, 0.2) is 6.10 Å². The molecule has 0 aromatic rings. The van der Waals surface area contributed by atoms with Crippen LogP contribution in [-0.2, 0) is 19.1 Å². The van der Waals surface area contributed by atoms with Crippen molar-refractivity contribution >= 4 is 11.9 Å². The maximum absolute atomic E-state index is 12.3. The van der Waals surface area contributed by atoms with E-state index in [-0.39, 0.29) is 25.2 Å². The Bertz CT molecular complexity index is 871. The van der Waals surface area contributed by atoms with Crippen LogP contribution in [0.2, 0.25) is 0 Å². The van der Waals surface area contributed by atoms with Crippen molar-refractivity contribution in [2.45, 2.75) is 315 Å². The van der Waals surface area contributed by atoms with E-state index < -0.39 is 6.10 Å². The molecule has 0 radical (unpaired) electrons. The molecule has 1 N–H and O–H groups in total. The highest BCUT2D eigenvalue weighted by Crippen LogP contribution is 2.17.